The van der Waals surface area contributed by atoms with Gasteiger partial charge in [-0.25, -0.2) is 0 Å². The second kappa shape index (κ2) is 6.02. The lowest BCUT2D eigenvalue weighted by Gasteiger charge is -2.54. The topological polar surface area (TPSA) is 41.6 Å². The third-order valence-electron chi connectivity index (χ3n) is 5.14. The zero-order valence-electron chi connectivity index (χ0n) is 13.5. The predicted octanol–water partition coefficient (Wildman–Crippen LogP) is 2.04. The minimum absolute atomic E-state index is 0.0148. The van der Waals surface area contributed by atoms with Crippen molar-refractivity contribution in [1.82, 2.24) is 10.2 Å². The molecule has 2 aliphatic rings. The first kappa shape index (κ1) is 15.8. The number of carbonyl (C=O) groups excluding carboxylic acids is 1. The molecule has 0 aromatic rings. The fourth-order valence-corrected chi connectivity index (χ4v) is 4.30. The number of ether oxygens (including phenoxy) is 1. The van der Waals surface area contributed by atoms with E-state index in [0.29, 0.717) is 5.92 Å². The Balaban J connectivity index is 2.39. The number of hydrogen-bond acceptors (Lipinski definition) is 4. The summed E-state index contributed by atoms with van der Waals surface area (Å²) in [5.74, 6) is 0.355. The van der Waals surface area contributed by atoms with Crippen LogP contribution in [-0.2, 0) is 9.53 Å². The Morgan fingerprint density at radius 3 is 2.45 bits per heavy atom. The van der Waals surface area contributed by atoms with Crippen molar-refractivity contribution in [2.45, 2.75) is 52.0 Å². The normalized spacial score (nSPS) is 32.9. The Kier molecular flexibility index (Phi) is 4.75. The summed E-state index contributed by atoms with van der Waals surface area (Å²) < 4.78 is 5.27. The maximum atomic E-state index is 12.8. The van der Waals surface area contributed by atoms with Gasteiger partial charge in [-0.1, -0.05) is 33.6 Å². The van der Waals surface area contributed by atoms with Gasteiger partial charge in [0, 0.05) is 26.2 Å². The highest BCUT2D eigenvalue weighted by molar-refractivity contribution is 5.81. The van der Waals surface area contributed by atoms with Gasteiger partial charge in [0.2, 0.25) is 0 Å². The van der Waals surface area contributed by atoms with Gasteiger partial charge in [-0.05, 0) is 24.2 Å². The van der Waals surface area contributed by atoms with E-state index in [1.807, 2.05) is 0 Å². The number of nitrogens with one attached hydrogen (secondary N) is 1. The minimum Gasteiger partial charge on any atom is -0.468 e. The van der Waals surface area contributed by atoms with E-state index in [1.165, 1.54) is 6.42 Å². The molecule has 0 bridgehead atoms. The van der Waals surface area contributed by atoms with Crippen LogP contribution in [0.2, 0.25) is 0 Å². The molecule has 0 radical (unpaired) electrons. The van der Waals surface area contributed by atoms with E-state index in [4.69, 9.17) is 4.74 Å². The van der Waals surface area contributed by atoms with Crippen molar-refractivity contribution in [1.29, 1.82) is 0 Å². The Bertz CT molecular complexity index is 345. The molecule has 116 valence electrons. The monoisotopic (exact) mass is 282 g/mol. The van der Waals surface area contributed by atoms with Crippen LogP contribution in [0.3, 0.4) is 0 Å². The number of piperazine rings is 1. The van der Waals surface area contributed by atoms with Gasteiger partial charge in [0.15, 0.2) is 0 Å². The van der Waals surface area contributed by atoms with Gasteiger partial charge in [-0.2, -0.15) is 0 Å². The smallest absolute Gasteiger partial charge is 0.326 e. The van der Waals surface area contributed by atoms with Crippen molar-refractivity contribution >= 4 is 5.97 Å². The van der Waals surface area contributed by atoms with Gasteiger partial charge in [0.1, 0.15) is 5.54 Å². The van der Waals surface area contributed by atoms with E-state index in [9.17, 15) is 4.79 Å². The van der Waals surface area contributed by atoms with E-state index in [1.54, 1.807) is 7.11 Å². The molecule has 2 atom stereocenters. The van der Waals surface area contributed by atoms with E-state index in [0.717, 1.165) is 45.4 Å². The number of nitrogens with zero attached hydrogens (tertiary/aromatic N) is 1. The van der Waals surface area contributed by atoms with Crippen LogP contribution >= 0.6 is 0 Å². The van der Waals surface area contributed by atoms with Crippen LogP contribution < -0.4 is 5.32 Å². The highest BCUT2D eigenvalue weighted by Gasteiger charge is 2.55. The molecule has 1 aliphatic heterocycles. The third-order valence-corrected chi connectivity index (χ3v) is 5.14. The number of methoxy groups -OCH3 is 1. The summed E-state index contributed by atoms with van der Waals surface area (Å²) in [6.07, 6.45) is 4.43. The van der Waals surface area contributed by atoms with Gasteiger partial charge in [0.25, 0.3) is 0 Å². The highest BCUT2D eigenvalue weighted by Crippen LogP contribution is 2.48. The van der Waals surface area contributed by atoms with Crippen LogP contribution in [0.15, 0.2) is 0 Å². The van der Waals surface area contributed by atoms with Crippen LogP contribution in [0.1, 0.15) is 46.5 Å². The minimum atomic E-state index is -0.409. The second-order valence-corrected chi connectivity index (χ2v) is 7.32. The average molecular weight is 282 g/mol. The first-order valence-corrected chi connectivity index (χ1v) is 7.97. The molecule has 2 unspecified atom stereocenters. The van der Waals surface area contributed by atoms with Crippen LogP contribution in [0.5, 0.6) is 0 Å². The van der Waals surface area contributed by atoms with Crippen LogP contribution in [0.4, 0.5) is 0 Å². The van der Waals surface area contributed by atoms with E-state index in [2.05, 4.69) is 31.0 Å². The van der Waals surface area contributed by atoms with Crippen molar-refractivity contribution in [2.75, 3.05) is 33.3 Å². The van der Waals surface area contributed by atoms with Gasteiger partial charge in [-0.3, -0.25) is 9.69 Å². The van der Waals surface area contributed by atoms with Gasteiger partial charge >= 0.3 is 5.97 Å². The molecule has 0 aromatic carbocycles. The number of esters is 1. The molecule has 4 heteroatoms. The molecule has 4 nitrogen and oxygen atoms in total. The summed E-state index contributed by atoms with van der Waals surface area (Å²) in [5, 5.41) is 3.39. The summed E-state index contributed by atoms with van der Waals surface area (Å²) >= 11 is 0. The SMILES string of the molecule is COC(=O)C1(N2CCNCC2)CCCCC1C(C)(C)C. The Morgan fingerprint density at radius 2 is 1.90 bits per heavy atom. The molecule has 1 heterocycles. The van der Waals surface area contributed by atoms with Crippen molar-refractivity contribution < 1.29 is 9.53 Å². The lowest BCUT2D eigenvalue weighted by Crippen LogP contribution is -2.67. The van der Waals surface area contributed by atoms with E-state index >= 15 is 0 Å². The Hall–Kier alpha value is -0.610. The largest absolute Gasteiger partial charge is 0.468 e. The third kappa shape index (κ3) is 2.73. The maximum Gasteiger partial charge on any atom is 0.326 e. The first-order valence-electron chi connectivity index (χ1n) is 7.97. The fraction of sp³-hybridized carbons (Fsp3) is 0.938. The summed E-state index contributed by atoms with van der Waals surface area (Å²) in [5.41, 5.74) is -0.285. The first-order chi connectivity index (χ1) is 9.43. The maximum absolute atomic E-state index is 12.8. The molecular weight excluding hydrogens is 252 g/mol. The summed E-state index contributed by atoms with van der Waals surface area (Å²) in [7, 11) is 1.54. The van der Waals surface area contributed by atoms with Crippen molar-refractivity contribution in [3.63, 3.8) is 0 Å². The molecule has 2 fully saturated rings. The van der Waals surface area contributed by atoms with Crippen molar-refractivity contribution in [3.8, 4) is 0 Å². The zero-order valence-corrected chi connectivity index (χ0v) is 13.5. The molecule has 1 aliphatic carbocycles. The molecule has 1 saturated carbocycles. The van der Waals surface area contributed by atoms with E-state index in [-0.39, 0.29) is 11.4 Å². The molecular formula is C16H30N2O2. The Morgan fingerprint density at radius 1 is 1.25 bits per heavy atom. The molecule has 2 rings (SSSR count). The number of hydrogen-bond donors (Lipinski definition) is 1. The molecule has 1 N–H and O–H groups in total. The van der Waals surface area contributed by atoms with Gasteiger partial charge in [0.05, 0.1) is 7.11 Å². The molecule has 0 spiro atoms. The quantitative estimate of drug-likeness (QED) is 0.787. The van der Waals surface area contributed by atoms with E-state index < -0.39 is 5.54 Å². The summed E-state index contributed by atoms with van der Waals surface area (Å²) in [6, 6.07) is 0. The van der Waals surface area contributed by atoms with Crippen LogP contribution in [-0.4, -0.2) is 49.7 Å². The second-order valence-electron chi connectivity index (χ2n) is 7.32. The van der Waals surface area contributed by atoms with Crippen LogP contribution in [0, 0.1) is 11.3 Å². The predicted molar refractivity (Wildman–Crippen MR) is 80.6 cm³/mol. The molecule has 0 aromatic heterocycles. The van der Waals surface area contributed by atoms with Crippen molar-refractivity contribution in [3.05, 3.63) is 0 Å². The average Bonchev–Trinajstić information content (AvgIpc) is 2.46. The molecule has 0 amide bonds. The number of rotatable bonds is 2. The molecule has 20 heavy (non-hydrogen) atoms. The lowest BCUT2D eigenvalue weighted by molar-refractivity contribution is -0.169. The zero-order chi connectivity index (χ0) is 14.8. The Labute approximate surface area is 123 Å². The van der Waals surface area contributed by atoms with Gasteiger partial charge in [-0.15, -0.1) is 0 Å². The summed E-state index contributed by atoms with van der Waals surface area (Å²) in [6.45, 7) is 10.6. The summed E-state index contributed by atoms with van der Waals surface area (Å²) in [4.78, 5) is 15.2. The standard InChI is InChI=1S/C16H30N2O2/c1-15(2,3)13-7-5-6-8-16(13,14(19)20-4)18-11-9-17-10-12-18/h13,17H,5-12H2,1-4H3. The fourth-order valence-electron chi connectivity index (χ4n) is 4.30. The van der Waals surface area contributed by atoms with Gasteiger partial charge < -0.3 is 10.1 Å². The lowest BCUT2D eigenvalue weighted by atomic mass is 9.61. The highest BCUT2D eigenvalue weighted by atomic mass is 16.5. The molecule has 1 saturated heterocycles. The number of carbonyl (C=O) groups is 1. The van der Waals surface area contributed by atoms with Crippen molar-refractivity contribution in [2.24, 2.45) is 11.3 Å². The van der Waals surface area contributed by atoms with Crippen LogP contribution in [0.25, 0.3) is 0 Å².